The molecule has 0 saturated heterocycles. The number of methoxy groups -OCH3 is 3. The lowest BCUT2D eigenvalue weighted by molar-refractivity contribution is -0.230. The van der Waals surface area contributed by atoms with Crippen LogP contribution in [-0.4, -0.2) is 33.1 Å². The molecule has 1 aliphatic carbocycles. The highest BCUT2D eigenvalue weighted by atomic mass is 16.7. The average molecular weight is 312 g/mol. The highest BCUT2D eigenvalue weighted by Crippen LogP contribution is 2.81. The van der Waals surface area contributed by atoms with Gasteiger partial charge in [-0.2, -0.15) is 10.5 Å². The molecule has 1 aliphatic heterocycles. The molecule has 1 heterocycles. The molecule has 118 valence electrons. The molecule has 7 heteroatoms. The zero-order valence-corrected chi connectivity index (χ0v) is 13.0. The molecule has 1 fully saturated rings. The standard InChI is InChI=1S/C16H16N4O3/c1-21-11-6-4-5-10(7-11)12-14(8-17)13(19)20-16(22-2,23-3)15(12,14)9-18/h4-7,12H,1-3H3,(H2,19,20)/t12-,14-,15+/m1/s1. The van der Waals surface area contributed by atoms with Crippen molar-refractivity contribution >= 4 is 5.84 Å². The fourth-order valence-corrected chi connectivity index (χ4v) is 3.84. The molecule has 7 nitrogen and oxygen atoms in total. The average Bonchev–Trinajstić information content (AvgIpc) is 3.18. The largest absolute Gasteiger partial charge is 0.497 e. The maximum atomic E-state index is 9.92. The number of fused-ring (bicyclic) bond motifs is 1. The van der Waals surface area contributed by atoms with Crippen LogP contribution in [0.4, 0.5) is 0 Å². The Morgan fingerprint density at radius 1 is 1.17 bits per heavy atom. The summed E-state index contributed by atoms with van der Waals surface area (Å²) in [7, 11) is 4.32. The van der Waals surface area contributed by atoms with Crippen LogP contribution in [0.1, 0.15) is 11.5 Å². The van der Waals surface area contributed by atoms with Gasteiger partial charge in [0.2, 0.25) is 0 Å². The van der Waals surface area contributed by atoms with Crippen molar-refractivity contribution in [2.24, 2.45) is 21.6 Å². The SMILES string of the molecule is COc1cccc([C@@H]2[C@]3(C#N)C(N)=NC(OC)(OC)[C@@]23C#N)c1. The molecule has 0 unspecified atom stereocenters. The Morgan fingerprint density at radius 2 is 1.87 bits per heavy atom. The van der Waals surface area contributed by atoms with Gasteiger partial charge in [0.15, 0.2) is 5.41 Å². The van der Waals surface area contributed by atoms with Crippen LogP contribution in [-0.2, 0) is 9.47 Å². The predicted molar refractivity (Wildman–Crippen MR) is 80.2 cm³/mol. The summed E-state index contributed by atoms with van der Waals surface area (Å²) in [5.74, 6) is -1.44. The Hall–Kier alpha value is -2.61. The van der Waals surface area contributed by atoms with Gasteiger partial charge in [-0.1, -0.05) is 12.1 Å². The zero-order valence-electron chi connectivity index (χ0n) is 13.0. The molecule has 2 N–H and O–H groups in total. The van der Waals surface area contributed by atoms with Crippen molar-refractivity contribution in [3.05, 3.63) is 29.8 Å². The van der Waals surface area contributed by atoms with E-state index in [4.69, 9.17) is 19.9 Å². The van der Waals surface area contributed by atoms with Gasteiger partial charge in [-0.05, 0) is 17.7 Å². The third kappa shape index (κ3) is 1.41. The number of ether oxygens (including phenoxy) is 3. The summed E-state index contributed by atoms with van der Waals surface area (Å²) >= 11 is 0. The van der Waals surface area contributed by atoms with Gasteiger partial charge in [-0.3, -0.25) is 0 Å². The second kappa shape index (κ2) is 4.69. The highest BCUT2D eigenvalue weighted by molar-refractivity contribution is 6.00. The fourth-order valence-electron chi connectivity index (χ4n) is 3.84. The maximum absolute atomic E-state index is 9.92. The van der Waals surface area contributed by atoms with E-state index in [1.165, 1.54) is 14.2 Å². The summed E-state index contributed by atoms with van der Waals surface area (Å²) in [6, 6.07) is 11.6. The summed E-state index contributed by atoms with van der Waals surface area (Å²) in [5.41, 5.74) is 4.17. The number of nitrogens with zero attached hydrogens (tertiary/aromatic N) is 3. The number of hydrogen-bond acceptors (Lipinski definition) is 7. The minimum Gasteiger partial charge on any atom is -0.497 e. The summed E-state index contributed by atoms with van der Waals surface area (Å²) in [4.78, 5) is 4.17. The molecule has 1 saturated carbocycles. The van der Waals surface area contributed by atoms with Crippen molar-refractivity contribution in [1.82, 2.24) is 0 Å². The Kier molecular flexibility index (Phi) is 3.12. The highest BCUT2D eigenvalue weighted by Gasteiger charge is 2.93. The third-order valence-corrected chi connectivity index (χ3v) is 4.91. The van der Waals surface area contributed by atoms with Gasteiger partial charge in [0.05, 0.1) is 19.2 Å². The summed E-state index contributed by atoms with van der Waals surface area (Å²) in [5, 5.41) is 19.7. The number of hydrogen-bond donors (Lipinski definition) is 1. The molecule has 1 aromatic rings. The lowest BCUT2D eigenvalue weighted by atomic mass is 9.93. The molecule has 23 heavy (non-hydrogen) atoms. The van der Waals surface area contributed by atoms with Gasteiger partial charge in [-0.15, -0.1) is 0 Å². The van der Waals surface area contributed by atoms with E-state index in [1.807, 2.05) is 6.07 Å². The summed E-state index contributed by atoms with van der Waals surface area (Å²) in [6.45, 7) is 0. The van der Waals surface area contributed by atoms with E-state index in [0.717, 1.165) is 5.56 Å². The number of aliphatic imine (C=N–C) groups is 1. The quantitative estimate of drug-likeness (QED) is 0.834. The van der Waals surface area contributed by atoms with Crippen molar-refractivity contribution in [2.45, 2.75) is 11.8 Å². The number of amidine groups is 1. The Bertz CT molecular complexity index is 774. The van der Waals surface area contributed by atoms with Crippen LogP contribution >= 0.6 is 0 Å². The number of nitrogens with two attached hydrogens (primary N) is 1. The topological polar surface area (TPSA) is 114 Å². The van der Waals surface area contributed by atoms with Crippen LogP contribution in [0.15, 0.2) is 29.3 Å². The van der Waals surface area contributed by atoms with E-state index in [1.54, 1.807) is 25.3 Å². The van der Waals surface area contributed by atoms with Crippen LogP contribution in [0.2, 0.25) is 0 Å². The number of benzene rings is 1. The molecule has 1 aromatic carbocycles. The third-order valence-electron chi connectivity index (χ3n) is 4.91. The van der Waals surface area contributed by atoms with Crippen molar-refractivity contribution in [3.8, 4) is 17.9 Å². The first kappa shape index (κ1) is 15.3. The first-order chi connectivity index (χ1) is 11.0. The molecular weight excluding hydrogens is 296 g/mol. The lowest BCUT2D eigenvalue weighted by Crippen LogP contribution is -2.41. The van der Waals surface area contributed by atoms with E-state index < -0.39 is 22.7 Å². The smallest absolute Gasteiger partial charge is 0.292 e. The maximum Gasteiger partial charge on any atom is 0.292 e. The van der Waals surface area contributed by atoms with Gasteiger partial charge in [0.25, 0.3) is 5.91 Å². The zero-order chi connectivity index (χ0) is 16.9. The van der Waals surface area contributed by atoms with E-state index in [9.17, 15) is 10.5 Å². The Labute approximate surface area is 133 Å². The molecule has 0 radical (unpaired) electrons. The van der Waals surface area contributed by atoms with E-state index >= 15 is 0 Å². The van der Waals surface area contributed by atoms with E-state index in [2.05, 4.69) is 17.1 Å². The Morgan fingerprint density at radius 3 is 2.39 bits per heavy atom. The molecule has 3 rings (SSSR count). The second-order valence-electron chi connectivity index (χ2n) is 5.54. The lowest BCUT2D eigenvalue weighted by Gasteiger charge is -2.29. The van der Waals surface area contributed by atoms with Gasteiger partial charge in [-0.25, -0.2) is 4.99 Å². The minimum atomic E-state index is -1.60. The van der Waals surface area contributed by atoms with Crippen LogP contribution in [0.5, 0.6) is 5.75 Å². The first-order valence-electron chi connectivity index (χ1n) is 6.96. The molecule has 3 atom stereocenters. The minimum absolute atomic E-state index is 0.0538. The summed E-state index contributed by atoms with van der Waals surface area (Å²) < 4.78 is 16.0. The van der Waals surface area contributed by atoms with Crippen molar-refractivity contribution < 1.29 is 14.2 Å². The number of nitriles is 2. The molecule has 2 aliphatic rings. The van der Waals surface area contributed by atoms with Crippen molar-refractivity contribution in [3.63, 3.8) is 0 Å². The van der Waals surface area contributed by atoms with Gasteiger partial charge < -0.3 is 19.9 Å². The molecular formula is C16H16N4O3. The van der Waals surface area contributed by atoms with Crippen LogP contribution in [0.3, 0.4) is 0 Å². The molecule has 0 bridgehead atoms. The summed E-state index contributed by atoms with van der Waals surface area (Å²) in [6.07, 6.45) is 0. The first-order valence-corrected chi connectivity index (χ1v) is 6.96. The van der Waals surface area contributed by atoms with E-state index in [0.29, 0.717) is 5.75 Å². The molecule has 0 spiro atoms. The van der Waals surface area contributed by atoms with Crippen molar-refractivity contribution in [1.29, 1.82) is 10.5 Å². The Balaban J connectivity index is 2.23. The fraction of sp³-hybridized carbons (Fsp3) is 0.438. The van der Waals surface area contributed by atoms with Crippen LogP contribution < -0.4 is 10.5 Å². The monoisotopic (exact) mass is 312 g/mol. The van der Waals surface area contributed by atoms with Gasteiger partial charge in [0.1, 0.15) is 17.0 Å². The predicted octanol–water partition coefficient (Wildman–Crippen LogP) is 1.13. The normalized spacial score (nSPS) is 33.1. The van der Waals surface area contributed by atoms with Crippen LogP contribution in [0.25, 0.3) is 0 Å². The molecule has 0 amide bonds. The van der Waals surface area contributed by atoms with Crippen LogP contribution in [0, 0.1) is 33.5 Å². The van der Waals surface area contributed by atoms with E-state index in [-0.39, 0.29) is 5.84 Å². The number of rotatable bonds is 4. The van der Waals surface area contributed by atoms with Gasteiger partial charge >= 0.3 is 0 Å². The second-order valence-corrected chi connectivity index (χ2v) is 5.54. The molecule has 0 aromatic heterocycles. The van der Waals surface area contributed by atoms with Gasteiger partial charge in [0, 0.05) is 20.1 Å². The van der Waals surface area contributed by atoms with Crippen molar-refractivity contribution in [2.75, 3.05) is 21.3 Å².